The fourth-order valence-corrected chi connectivity index (χ4v) is 1.15. The van der Waals surface area contributed by atoms with E-state index in [1.54, 1.807) is 31.4 Å². The Bertz CT molecular complexity index is 418. The number of aliphatic carboxylic acids is 1. The molecule has 0 heterocycles. The molecule has 0 aliphatic heterocycles. The van der Waals surface area contributed by atoms with Crippen molar-refractivity contribution in [1.29, 1.82) is 0 Å². The summed E-state index contributed by atoms with van der Waals surface area (Å²) in [4.78, 5) is 27.5. The van der Waals surface area contributed by atoms with Crippen LogP contribution in [0.25, 0.3) is 0 Å². The first-order chi connectivity index (χ1) is 8.54. The standard InChI is InChI=1S/C11H14N2O5/c1-13(11(16)12-18-7-10(14)15)8-3-5-9(17-2)6-4-8/h3-6H,7H2,1-2H3,(H,12,16)(H,14,15). The van der Waals surface area contributed by atoms with Crippen LogP contribution in [-0.2, 0) is 9.63 Å². The minimum atomic E-state index is -1.16. The van der Waals surface area contributed by atoms with Gasteiger partial charge in [-0.05, 0) is 24.3 Å². The number of carbonyl (C=O) groups is 2. The summed E-state index contributed by atoms with van der Waals surface area (Å²) in [6.45, 7) is -0.595. The molecule has 2 amide bonds. The second-order valence-corrected chi connectivity index (χ2v) is 3.35. The predicted molar refractivity (Wildman–Crippen MR) is 63.5 cm³/mol. The van der Waals surface area contributed by atoms with Crippen LogP contribution < -0.4 is 15.1 Å². The number of benzene rings is 1. The number of hydroxylamine groups is 1. The molecule has 0 aliphatic carbocycles. The Hall–Kier alpha value is -2.28. The van der Waals surface area contributed by atoms with E-state index in [0.29, 0.717) is 11.4 Å². The molecule has 1 rings (SSSR count). The molecule has 1 aromatic rings. The first-order valence-corrected chi connectivity index (χ1v) is 5.06. The van der Waals surface area contributed by atoms with E-state index < -0.39 is 18.6 Å². The van der Waals surface area contributed by atoms with E-state index in [9.17, 15) is 9.59 Å². The van der Waals surface area contributed by atoms with Gasteiger partial charge in [-0.2, -0.15) is 0 Å². The minimum absolute atomic E-state index is 0.568. The van der Waals surface area contributed by atoms with Crippen LogP contribution in [0.1, 0.15) is 0 Å². The summed E-state index contributed by atoms with van der Waals surface area (Å²) in [5.74, 6) is -0.489. The number of carboxylic acid groups (broad SMARTS) is 1. The quantitative estimate of drug-likeness (QED) is 0.761. The molecule has 0 spiro atoms. The Morgan fingerprint density at radius 3 is 2.44 bits per heavy atom. The Morgan fingerprint density at radius 1 is 1.33 bits per heavy atom. The van der Waals surface area contributed by atoms with Gasteiger partial charge in [0.2, 0.25) is 0 Å². The lowest BCUT2D eigenvalue weighted by Crippen LogP contribution is -2.38. The summed E-state index contributed by atoms with van der Waals surface area (Å²) in [6.07, 6.45) is 0. The molecule has 18 heavy (non-hydrogen) atoms. The molecular formula is C11H14N2O5. The van der Waals surface area contributed by atoms with Gasteiger partial charge in [0.25, 0.3) is 0 Å². The highest BCUT2D eigenvalue weighted by molar-refractivity contribution is 5.90. The molecule has 7 heteroatoms. The number of hydrogen-bond donors (Lipinski definition) is 2. The zero-order valence-electron chi connectivity index (χ0n) is 10.0. The van der Waals surface area contributed by atoms with E-state index in [1.165, 1.54) is 11.9 Å². The number of anilines is 1. The first-order valence-electron chi connectivity index (χ1n) is 5.06. The summed E-state index contributed by atoms with van der Waals surface area (Å²) in [5, 5.41) is 8.34. The molecule has 0 saturated heterocycles. The van der Waals surface area contributed by atoms with Gasteiger partial charge in [0.1, 0.15) is 5.75 Å². The smallest absolute Gasteiger partial charge is 0.345 e. The Labute approximate surface area is 104 Å². The van der Waals surface area contributed by atoms with Crippen LogP contribution in [-0.4, -0.2) is 37.9 Å². The van der Waals surface area contributed by atoms with Gasteiger partial charge >= 0.3 is 12.0 Å². The normalized spacial score (nSPS) is 9.67. The molecule has 0 saturated carbocycles. The van der Waals surface area contributed by atoms with Gasteiger partial charge in [0, 0.05) is 12.7 Å². The zero-order valence-corrected chi connectivity index (χ0v) is 10.0. The minimum Gasteiger partial charge on any atom is -0.497 e. The SMILES string of the molecule is COc1ccc(N(C)C(=O)NOCC(=O)O)cc1. The summed E-state index contributed by atoms with van der Waals surface area (Å²) in [5.41, 5.74) is 2.63. The third-order valence-corrected chi connectivity index (χ3v) is 2.12. The Kier molecular flexibility index (Phi) is 4.94. The van der Waals surface area contributed by atoms with Gasteiger partial charge in [-0.15, -0.1) is 0 Å². The van der Waals surface area contributed by atoms with Crippen molar-refractivity contribution in [2.75, 3.05) is 25.7 Å². The number of ether oxygens (including phenoxy) is 1. The molecule has 0 fully saturated rings. The third kappa shape index (κ3) is 3.95. The molecule has 0 radical (unpaired) electrons. The van der Waals surface area contributed by atoms with Gasteiger partial charge in [-0.25, -0.2) is 15.1 Å². The van der Waals surface area contributed by atoms with Crippen molar-refractivity contribution < 1.29 is 24.3 Å². The molecule has 0 aromatic heterocycles. The summed E-state index contributed by atoms with van der Waals surface area (Å²) in [7, 11) is 3.08. The van der Waals surface area contributed by atoms with E-state index in [4.69, 9.17) is 9.84 Å². The highest BCUT2D eigenvalue weighted by Crippen LogP contribution is 2.17. The number of nitrogens with one attached hydrogen (secondary N) is 1. The zero-order chi connectivity index (χ0) is 13.5. The van der Waals surface area contributed by atoms with Crippen LogP contribution in [0.5, 0.6) is 5.75 Å². The largest absolute Gasteiger partial charge is 0.497 e. The number of hydrogen-bond acceptors (Lipinski definition) is 4. The monoisotopic (exact) mass is 254 g/mol. The lowest BCUT2D eigenvalue weighted by molar-refractivity contribution is -0.143. The summed E-state index contributed by atoms with van der Waals surface area (Å²) in [6, 6.07) is 6.22. The first kappa shape index (κ1) is 13.8. The second kappa shape index (κ2) is 6.45. The molecule has 98 valence electrons. The van der Waals surface area contributed by atoms with E-state index in [-0.39, 0.29) is 0 Å². The third-order valence-electron chi connectivity index (χ3n) is 2.12. The van der Waals surface area contributed by atoms with Gasteiger partial charge in [-0.1, -0.05) is 0 Å². The van der Waals surface area contributed by atoms with Crippen molar-refractivity contribution in [3.63, 3.8) is 0 Å². The maximum Gasteiger partial charge on any atom is 0.345 e. The maximum absolute atomic E-state index is 11.5. The van der Waals surface area contributed by atoms with Crippen LogP contribution >= 0.6 is 0 Å². The number of amides is 2. The maximum atomic E-state index is 11.5. The molecule has 1 aromatic carbocycles. The van der Waals surface area contributed by atoms with Gasteiger partial charge in [0.05, 0.1) is 7.11 Å². The van der Waals surface area contributed by atoms with Gasteiger partial charge < -0.3 is 9.84 Å². The fraction of sp³-hybridized carbons (Fsp3) is 0.273. The fourth-order valence-electron chi connectivity index (χ4n) is 1.15. The van der Waals surface area contributed by atoms with Gasteiger partial charge in [0.15, 0.2) is 6.61 Å². The molecule has 0 bridgehead atoms. The number of rotatable bonds is 5. The van der Waals surface area contributed by atoms with Crippen LogP contribution in [0, 0.1) is 0 Å². The highest BCUT2D eigenvalue weighted by atomic mass is 16.7. The molecule has 0 atom stereocenters. The van der Waals surface area contributed by atoms with Crippen LogP contribution in [0.2, 0.25) is 0 Å². The Balaban J connectivity index is 2.54. The topological polar surface area (TPSA) is 88.1 Å². The Morgan fingerprint density at radius 2 is 1.94 bits per heavy atom. The summed E-state index contributed by atoms with van der Waals surface area (Å²) < 4.78 is 4.99. The molecule has 2 N–H and O–H groups in total. The number of carboxylic acids is 1. The van der Waals surface area contributed by atoms with Crippen molar-refractivity contribution in [3.05, 3.63) is 24.3 Å². The van der Waals surface area contributed by atoms with E-state index in [1.807, 2.05) is 5.48 Å². The molecule has 0 aliphatic rings. The predicted octanol–water partition coefficient (Wildman–Crippen LogP) is 0.857. The molecular weight excluding hydrogens is 240 g/mol. The van der Waals surface area contributed by atoms with Crippen molar-refractivity contribution in [1.82, 2.24) is 5.48 Å². The van der Waals surface area contributed by atoms with Crippen LogP contribution in [0.3, 0.4) is 0 Å². The molecule has 0 unspecified atom stereocenters. The highest BCUT2D eigenvalue weighted by Gasteiger charge is 2.11. The number of methoxy groups -OCH3 is 1. The lowest BCUT2D eigenvalue weighted by atomic mass is 10.3. The van der Waals surface area contributed by atoms with E-state index >= 15 is 0 Å². The number of carbonyl (C=O) groups excluding carboxylic acids is 1. The van der Waals surface area contributed by atoms with Gasteiger partial charge in [-0.3, -0.25) is 9.74 Å². The lowest BCUT2D eigenvalue weighted by Gasteiger charge is -2.17. The van der Waals surface area contributed by atoms with Crippen molar-refractivity contribution in [3.8, 4) is 5.75 Å². The summed E-state index contributed by atoms with van der Waals surface area (Å²) >= 11 is 0. The van der Waals surface area contributed by atoms with Crippen molar-refractivity contribution >= 4 is 17.7 Å². The van der Waals surface area contributed by atoms with Crippen molar-refractivity contribution in [2.24, 2.45) is 0 Å². The van der Waals surface area contributed by atoms with Crippen LogP contribution in [0.15, 0.2) is 24.3 Å². The number of nitrogens with zero attached hydrogens (tertiary/aromatic N) is 1. The average molecular weight is 254 g/mol. The number of urea groups is 1. The second-order valence-electron chi connectivity index (χ2n) is 3.35. The average Bonchev–Trinajstić information content (AvgIpc) is 2.37. The van der Waals surface area contributed by atoms with Crippen LogP contribution in [0.4, 0.5) is 10.5 Å². The van der Waals surface area contributed by atoms with Crippen molar-refractivity contribution in [2.45, 2.75) is 0 Å². The molecule has 7 nitrogen and oxygen atoms in total. The van der Waals surface area contributed by atoms with E-state index in [0.717, 1.165) is 0 Å². The van der Waals surface area contributed by atoms with E-state index in [2.05, 4.69) is 4.84 Å².